The fourth-order valence-electron chi connectivity index (χ4n) is 2.53. The number of piperidine rings is 1. The molecule has 1 heterocycles. The van der Waals surface area contributed by atoms with Gasteiger partial charge in [-0.2, -0.15) is 0 Å². The maximum atomic E-state index is 12.3. The number of hydrogen-bond donors (Lipinski definition) is 2. The molecule has 6 heteroatoms. The van der Waals surface area contributed by atoms with E-state index in [1.165, 1.54) is 0 Å². The van der Waals surface area contributed by atoms with Gasteiger partial charge in [0.15, 0.2) is 0 Å². The predicted molar refractivity (Wildman–Crippen MR) is 81.7 cm³/mol. The molecule has 114 valence electrons. The van der Waals surface area contributed by atoms with Crippen molar-refractivity contribution >= 4 is 23.4 Å². The summed E-state index contributed by atoms with van der Waals surface area (Å²) < 4.78 is 0. The van der Waals surface area contributed by atoms with Crippen LogP contribution in [0.2, 0.25) is 0 Å². The molecule has 0 bridgehead atoms. The second-order valence-corrected chi connectivity index (χ2v) is 5.47. The lowest BCUT2D eigenvalue weighted by Crippen LogP contribution is -2.44. The molecule has 0 unspecified atom stereocenters. The van der Waals surface area contributed by atoms with Crippen molar-refractivity contribution in [2.45, 2.75) is 12.8 Å². The molecule has 2 rings (SSSR count). The first-order valence-corrected chi connectivity index (χ1v) is 7.04. The third kappa shape index (κ3) is 3.65. The SMILES string of the molecule is CN(C)c1ccccc1NC(=O)N1CCC[C@H](C(=O)O)C1. The predicted octanol–water partition coefficient (Wildman–Crippen LogP) is 2.08. The molecule has 1 aliphatic heterocycles. The Balaban J connectivity index is 2.06. The molecule has 21 heavy (non-hydrogen) atoms. The summed E-state index contributed by atoms with van der Waals surface area (Å²) in [5.41, 5.74) is 1.64. The van der Waals surface area contributed by atoms with Crippen molar-refractivity contribution in [3.63, 3.8) is 0 Å². The topological polar surface area (TPSA) is 72.9 Å². The molecular weight excluding hydrogens is 270 g/mol. The highest BCUT2D eigenvalue weighted by Gasteiger charge is 2.28. The van der Waals surface area contributed by atoms with Gasteiger partial charge in [-0.3, -0.25) is 4.79 Å². The number of rotatable bonds is 3. The molecule has 1 fully saturated rings. The average Bonchev–Trinajstić information content (AvgIpc) is 2.47. The zero-order valence-corrected chi connectivity index (χ0v) is 12.4. The van der Waals surface area contributed by atoms with Crippen LogP contribution in [-0.4, -0.2) is 49.2 Å². The average molecular weight is 291 g/mol. The van der Waals surface area contributed by atoms with E-state index in [4.69, 9.17) is 5.11 Å². The van der Waals surface area contributed by atoms with Gasteiger partial charge in [0, 0.05) is 27.2 Å². The van der Waals surface area contributed by atoms with E-state index in [2.05, 4.69) is 5.32 Å². The number of carboxylic acid groups (broad SMARTS) is 1. The summed E-state index contributed by atoms with van der Waals surface area (Å²) in [6, 6.07) is 7.29. The second-order valence-electron chi connectivity index (χ2n) is 5.47. The van der Waals surface area contributed by atoms with E-state index in [0.29, 0.717) is 13.0 Å². The molecular formula is C15H21N3O3. The number of nitrogens with zero attached hydrogens (tertiary/aromatic N) is 2. The molecule has 1 saturated heterocycles. The van der Waals surface area contributed by atoms with Gasteiger partial charge in [0.25, 0.3) is 0 Å². The van der Waals surface area contributed by atoms with Crippen molar-refractivity contribution in [2.75, 3.05) is 37.4 Å². The third-order valence-corrected chi connectivity index (χ3v) is 3.69. The molecule has 0 aliphatic carbocycles. The first kappa shape index (κ1) is 15.2. The Bertz CT molecular complexity index is 531. The van der Waals surface area contributed by atoms with Gasteiger partial charge in [-0.15, -0.1) is 0 Å². The molecule has 0 aromatic heterocycles. The van der Waals surface area contributed by atoms with Gasteiger partial charge in [0.1, 0.15) is 0 Å². The number of hydrogen-bond acceptors (Lipinski definition) is 3. The number of aliphatic carboxylic acids is 1. The Morgan fingerprint density at radius 3 is 2.71 bits per heavy atom. The number of nitrogens with one attached hydrogen (secondary N) is 1. The van der Waals surface area contributed by atoms with Crippen LogP contribution < -0.4 is 10.2 Å². The van der Waals surface area contributed by atoms with Crippen LogP contribution in [-0.2, 0) is 4.79 Å². The Kier molecular flexibility index (Phi) is 4.67. The number of para-hydroxylation sites is 2. The summed E-state index contributed by atoms with van der Waals surface area (Å²) in [6.07, 6.45) is 1.35. The van der Waals surface area contributed by atoms with Crippen molar-refractivity contribution in [3.05, 3.63) is 24.3 Å². The molecule has 0 spiro atoms. The first-order valence-electron chi connectivity index (χ1n) is 7.04. The van der Waals surface area contributed by atoms with Crippen LogP contribution >= 0.6 is 0 Å². The van der Waals surface area contributed by atoms with Crippen molar-refractivity contribution in [3.8, 4) is 0 Å². The highest BCUT2D eigenvalue weighted by atomic mass is 16.4. The zero-order chi connectivity index (χ0) is 15.4. The number of anilines is 2. The molecule has 0 radical (unpaired) electrons. The Morgan fingerprint density at radius 2 is 2.05 bits per heavy atom. The summed E-state index contributed by atoms with van der Waals surface area (Å²) in [4.78, 5) is 26.9. The standard InChI is InChI=1S/C15H21N3O3/c1-17(2)13-8-4-3-7-12(13)16-15(21)18-9-5-6-11(10-18)14(19)20/h3-4,7-8,11H,5-6,9-10H2,1-2H3,(H,16,21)(H,19,20)/t11-/m0/s1. The van der Waals surface area contributed by atoms with Gasteiger partial charge in [-0.05, 0) is 25.0 Å². The smallest absolute Gasteiger partial charge is 0.321 e. The zero-order valence-electron chi connectivity index (χ0n) is 12.4. The number of carbonyl (C=O) groups excluding carboxylic acids is 1. The van der Waals surface area contributed by atoms with Crippen LogP contribution in [0.4, 0.5) is 16.2 Å². The first-order chi connectivity index (χ1) is 9.99. The molecule has 2 N–H and O–H groups in total. The van der Waals surface area contributed by atoms with E-state index in [1.54, 1.807) is 4.90 Å². The van der Waals surface area contributed by atoms with Gasteiger partial charge in [0.2, 0.25) is 0 Å². The number of benzene rings is 1. The van der Waals surface area contributed by atoms with E-state index in [-0.39, 0.29) is 12.6 Å². The van der Waals surface area contributed by atoms with Crippen LogP contribution in [0.15, 0.2) is 24.3 Å². The van der Waals surface area contributed by atoms with E-state index in [1.807, 2.05) is 43.3 Å². The van der Waals surface area contributed by atoms with Gasteiger partial charge < -0.3 is 20.2 Å². The number of urea groups is 1. The van der Waals surface area contributed by atoms with Gasteiger partial charge in [-0.25, -0.2) is 4.79 Å². The summed E-state index contributed by atoms with van der Waals surface area (Å²) in [6.45, 7) is 0.866. The molecule has 1 aromatic rings. The summed E-state index contributed by atoms with van der Waals surface area (Å²) in [5, 5.41) is 12.0. The Labute approximate surface area is 124 Å². The molecule has 1 atom stereocenters. The second kappa shape index (κ2) is 6.47. The summed E-state index contributed by atoms with van der Waals surface area (Å²) in [5.74, 6) is -1.30. The molecule has 6 nitrogen and oxygen atoms in total. The van der Waals surface area contributed by atoms with Crippen LogP contribution in [0.3, 0.4) is 0 Å². The van der Waals surface area contributed by atoms with Crippen molar-refractivity contribution < 1.29 is 14.7 Å². The highest BCUT2D eigenvalue weighted by Crippen LogP contribution is 2.24. The fraction of sp³-hybridized carbons (Fsp3) is 0.467. The lowest BCUT2D eigenvalue weighted by atomic mass is 9.99. The minimum absolute atomic E-state index is 0.241. The summed E-state index contributed by atoms with van der Waals surface area (Å²) in [7, 11) is 3.82. The number of carboxylic acids is 1. The van der Waals surface area contributed by atoms with E-state index in [9.17, 15) is 9.59 Å². The van der Waals surface area contributed by atoms with Crippen molar-refractivity contribution in [1.29, 1.82) is 0 Å². The number of amides is 2. The molecule has 2 amide bonds. The van der Waals surface area contributed by atoms with E-state index >= 15 is 0 Å². The van der Waals surface area contributed by atoms with Gasteiger partial charge >= 0.3 is 12.0 Å². The highest BCUT2D eigenvalue weighted by molar-refractivity contribution is 5.93. The minimum Gasteiger partial charge on any atom is -0.481 e. The maximum Gasteiger partial charge on any atom is 0.321 e. The van der Waals surface area contributed by atoms with Crippen LogP contribution in [0.5, 0.6) is 0 Å². The van der Waals surface area contributed by atoms with Crippen molar-refractivity contribution in [1.82, 2.24) is 4.90 Å². The van der Waals surface area contributed by atoms with Crippen LogP contribution in [0, 0.1) is 5.92 Å². The Hall–Kier alpha value is -2.24. The quantitative estimate of drug-likeness (QED) is 0.894. The van der Waals surface area contributed by atoms with E-state index < -0.39 is 11.9 Å². The normalized spacial score (nSPS) is 18.2. The summed E-state index contributed by atoms with van der Waals surface area (Å²) >= 11 is 0. The van der Waals surface area contributed by atoms with E-state index in [0.717, 1.165) is 17.8 Å². The fourth-order valence-corrected chi connectivity index (χ4v) is 2.53. The van der Waals surface area contributed by atoms with Crippen molar-refractivity contribution in [2.24, 2.45) is 5.92 Å². The van der Waals surface area contributed by atoms with Gasteiger partial charge in [0.05, 0.1) is 17.3 Å². The minimum atomic E-state index is -0.832. The Morgan fingerprint density at radius 1 is 1.33 bits per heavy atom. The van der Waals surface area contributed by atoms with Crippen LogP contribution in [0.1, 0.15) is 12.8 Å². The lowest BCUT2D eigenvalue weighted by Gasteiger charge is -2.31. The number of carbonyl (C=O) groups is 2. The third-order valence-electron chi connectivity index (χ3n) is 3.69. The molecule has 1 aromatic carbocycles. The molecule has 1 aliphatic rings. The monoisotopic (exact) mass is 291 g/mol. The van der Waals surface area contributed by atoms with Gasteiger partial charge in [-0.1, -0.05) is 12.1 Å². The molecule has 0 saturated carbocycles. The lowest BCUT2D eigenvalue weighted by molar-refractivity contribution is -0.143. The maximum absolute atomic E-state index is 12.3. The largest absolute Gasteiger partial charge is 0.481 e. The van der Waals surface area contributed by atoms with Crippen LogP contribution in [0.25, 0.3) is 0 Å². The number of likely N-dealkylation sites (tertiary alicyclic amines) is 1.